The van der Waals surface area contributed by atoms with Gasteiger partial charge in [0.1, 0.15) is 30.0 Å². The summed E-state index contributed by atoms with van der Waals surface area (Å²) in [6, 6.07) is 36.5. The van der Waals surface area contributed by atoms with Crippen LogP contribution in [0.3, 0.4) is 0 Å². The van der Waals surface area contributed by atoms with Crippen molar-refractivity contribution in [3.05, 3.63) is 177 Å². The lowest BCUT2D eigenvalue weighted by Crippen LogP contribution is -2.52. The van der Waals surface area contributed by atoms with Crippen molar-refractivity contribution < 1.29 is 33.7 Å². The first kappa shape index (κ1) is 43.1. The van der Waals surface area contributed by atoms with Crippen LogP contribution in [-0.4, -0.2) is 82.4 Å². The van der Waals surface area contributed by atoms with Gasteiger partial charge in [0.15, 0.2) is 0 Å². The van der Waals surface area contributed by atoms with Crippen molar-refractivity contribution in [2.24, 2.45) is 5.92 Å². The number of amides is 2. The largest absolute Gasteiger partial charge is 0.506 e. The Labute approximate surface area is 365 Å². The molecular weight excluding hydrogens is 802 g/mol. The molecule has 3 fully saturated rings. The van der Waals surface area contributed by atoms with Crippen molar-refractivity contribution in [1.82, 2.24) is 25.4 Å². The number of aliphatic hydroxyl groups is 1. The standard InChI is InChI=1S/C50H52FN5O7/c51-42-13-5-4-10-38(42)30-56(25-7-24-52-29-44(58)40-18-20-43(57)48-41(40)19-21-46(59)53-48)49(60)36-16-14-33(15-17-36)32-62-39-12-6-11-37(28-39)47(35-8-2-1-3-9-35)54-50(61)63-45-31-55-26-22-34(45)23-27-55/h1-6,8-21,28,34,44-45,47,52,57-58H,7,22-27,29-32H2,(H,53,59)(H,54,61)/t44?,45?,47-/m0/s1. The number of hydrogen-bond donors (Lipinski definition) is 5. The zero-order chi connectivity index (χ0) is 43.7. The van der Waals surface area contributed by atoms with E-state index in [0.717, 1.165) is 49.2 Å². The number of nitrogens with zero attached hydrogens (tertiary/aromatic N) is 2. The molecule has 12 nitrogen and oxygen atoms in total. The average molecular weight is 854 g/mol. The van der Waals surface area contributed by atoms with Gasteiger partial charge in [-0.1, -0.05) is 78.9 Å². The van der Waals surface area contributed by atoms with Gasteiger partial charge in [0.25, 0.3) is 5.91 Å². The average Bonchev–Trinajstić information content (AvgIpc) is 3.31. The third-order valence-corrected chi connectivity index (χ3v) is 12.0. The smallest absolute Gasteiger partial charge is 0.408 e. The predicted molar refractivity (Wildman–Crippen MR) is 238 cm³/mol. The molecule has 2 bridgehead atoms. The molecule has 1 aromatic heterocycles. The van der Waals surface area contributed by atoms with E-state index in [9.17, 15) is 29.0 Å². The van der Waals surface area contributed by atoms with Crippen molar-refractivity contribution in [3.63, 3.8) is 0 Å². The second kappa shape index (κ2) is 20.1. The molecule has 5 N–H and O–H groups in total. The highest BCUT2D eigenvalue weighted by Gasteiger charge is 2.37. The first-order chi connectivity index (χ1) is 30.7. The van der Waals surface area contributed by atoms with Gasteiger partial charge in [-0.15, -0.1) is 0 Å². The number of ether oxygens (including phenoxy) is 2. The van der Waals surface area contributed by atoms with E-state index >= 15 is 0 Å². The van der Waals surface area contributed by atoms with E-state index in [1.807, 2.05) is 66.7 Å². The van der Waals surface area contributed by atoms with E-state index in [-0.39, 0.29) is 48.5 Å². The molecule has 13 heteroatoms. The number of aromatic hydroxyl groups is 1. The molecule has 3 aliphatic rings. The van der Waals surface area contributed by atoms with E-state index in [2.05, 4.69) is 20.5 Å². The van der Waals surface area contributed by atoms with Crippen molar-refractivity contribution in [2.75, 3.05) is 39.3 Å². The molecule has 9 rings (SSSR count). The molecule has 0 spiro atoms. The SMILES string of the molecule is O=C(N[C@@H](c1ccccc1)c1cccc(OCc2ccc(C(=O)N(CCCNCC(O)c3ccc(O)c4[nH]c(=O)ccc34)Cc3ccccc3F)cc2)c1)OC1CN2CCC1CC2. The fourth-order valence-electron chi connectivity index (χ4n) is 8.59. The van der Waals surface area contributed by atoms with Gasteiger partial charge in [0.05, 0.1) is 17.7 Å². The predicted octanol–water partition coefficient (Wildman–Crippen LogP) is 7.22. The molecule has 326 valence electrons. The Bertz CT molecular complexity index is 2560. The minimum Gasteiger partial charge on any atom is -0.506 e. The zero-order valence-corrected chi connectivity index (χ0v) is 34.9. The van der Waals surface area contributed by atoms with Crippen LogP contribution in [0.4, 0.5) is 9.18 Å². The second-order valence-electron chi connectivity index (χ2n) is 16.3. The van der Waals surface area contributed by atoms with Crippen LogP contribution in [0.2, 0.25) is 0 Å². The van der Waals surface area contributed by atoms with Gasteiger partial charge in [-0.05, 0) is 110 Å². The number of pyridine rings is 1. The number of phenols is 1. The van der Waals surface area contributed by atoms with Gasteiger partial charge < -0.3 is 40.2 Å². The third kappa shape index (κ3) is 10.7. The van der Waals surface area contributed by atoms with Gasteiger partial charge in [-0.25, -0.2) is 9.18 Å². The summed E-state index contributed by atoms with van der Waals surface area (Å²) in [4.78, 5) is 45.6. The summed E-state index contributed by atoms with van der Waals surface area (Å²) in [6.07, 6.45) is 1.14. The summed E-state index contributed by atoms with van der Waals surface area (Å²) < 4.78 is 27.0. The van der Waals surface area contributed by atoms with Crippen LogP contribution in [0, 0.1) is 11.7 Å². The van der Waals surface area contributed by atoms with E-state index in [1.54, 1.807) is 47.4 Å². The van der Waals surface area contributed by atoms with Gasteiger partial charge in [0, 0.05) is 48.8 Å². The maximum absolute atomic E-state index is 14.8. The molecule has 3 atom stereocenters. The minimum atomic E-state index is -0.930. The van der Waals surface area contributed by atoms with Crippen LogP contribution in [0.1, 0.15) is 69.6 Å². The Morgan fingerprint density at radius 3 is 2.41 bits per heavy atom. The monoisotopic (exact) mass is 853 g/mol. The summed E-state index contributed by atoms with van der Waals surface area (Å²) in [6.45, 7) is 4.17. The van der Waals surface area contributed by atoms with Crippen LogP contribution < -0.4 is 20.9 Å². The zero-order valence-electron chi connectivity index (χ0n) is 34.9. The molecule has 3 saturated heterocycles. The quantitative estimate of drug-likeness (QED) is 0.0599. The lowest BCUT2D eigenvalue weighted by atomic mass is 9.86. The lowest BCUT2D eigenvalue weighted by Gasteiger charge is -2.43. The Balaban J connectivity index is 0.880. The summed E-state index contributed by atoms with van der Waals surface area (Å²) in [7, 11) is 0. The number of phenolic OH excluding ortho intramolecular Hbond substituents is 1. The summed E-state index contributed by atoms with van der Waals surface area (Å²) in [5.41, 5.74) is 3.89. The van der Waals surface area contributed by atoms with Gasteiger partial charge in [-0.3, -0.25) is 14.5 Å². The molecule has 0 aliphatic carbocycles. The van der Waals surface area contributed by atoms with Crippen LogP contribution in [0.15, 0.2) is 132 Å². The number of piperidine rings is 3. The number of fused-ring (bicyclic) bond motifs is 4. The van der Waals surface area contributed by atoms with Crippen molar-refractivity contribution in [3.8, 4) is 11.5 Å². The summed E-state index contributed by atoms with van der Waals surface area (Å²) in [5, 5.41) is 28.1. The number of carbonyl (C=O) groups is 2. The fourth-order valence-corrected chi connectivity index (χ4v) is 8.59. The Morgan fingerprint density at radius 1 is 0.889 bits per heavy atom. The van der Waals surface area contributed by atoms with E-state index in [0.29, 0.717) is 53.3 Å². The van der Waals surface area contributed by atoms with Crippen LogP contribution in [0.5, 0.6) is 11.5 Å². The molecule has 5 aromatic carbocycles. The Kier molecular flexibility index (Phi) is 13.8. The molecule has 2 unspecified atom stereocenters. The number of benzene rings is 5. The van der Waals surface area contributed by atoms with Crippen LogP contribution in [-0.2, 0) is 17.9 Å². The number of hydrogen-bond acceptors (Lipinski definition) is 9. The van der Waals surface area contributed by atoms with E-state index in [4.69, 9.17) is 9.47 Å². The molecule has 2 amide bonds. The first-order valence-corrected chi connectivity index (χ1v) is 21.5. The number of aromatic amines is 1. The number of rotatable bonds is 17. The molecule has 3 aliphatic heterocycles. The molecule has 0 radical (unpaired) electrons. The van der Waals surface area contributed by atoms with Crippen LogP contribution in [0.25, 0.3) is 10.9 Å². The number of alkyl carbamates (subject to hydrolysis) is 1. The van der Waals surface area contributed by atoms with E-state index in [1.165, 1.54) is 18.2 Å². The minimum absolute atomic E-state index is 0.0727. The molecule has 63 heavy (non-hydrogen) atoms. The highest BCUT2D eigenvalue weighted by atomic mass is 19.1. The molecular formula is C50H52FN5O7. The lowest BCUT2D eigenvalue weighted by molar-refractivity contribution is -0.0336. The maximum Gasteiger partial charge on any atom is 0.408 e. The summed E-state index contributed by atoms with van der Waals surface area (Å²) in [5.74, 6) is 0.278. The van der Waals surface area contributed by atoms with Crippen molar-refractivity contribution in [1.29, 1.82) is 0 Å². The number of H-pyrrole nitrogens is 1. The normalized spacial score (nSPS) is 17.8. The van der Waals surface area contributed by atoms with Gasteiger partial charge in [-0.2, -0.15) is 0 Å². The topological polar surface area (TPSA) is 156 Å². The van der Waals surface area contributed by atoms with Crippen LogP contribution >= 0.6 is 0 Å². The number of aliphatic hydroxyl groups excluding tert-OH is 1. The molecule has 6 aromatic rings. The third-order valence-electron chi connectivity index (χ3n) is 12.0. The Hall–Kier alpha value is -6.54. The van der Waals surface area contributed by atoms with E-state index < -0.39 is 24.1 Å². The highest BCUT2D eigenvalue weighted by molar-refractivity contribution is 5.94. The number of halogens is 1. The van der Waals surface area contributed by atoms with Gasteiger partial charge >= 0.3 is 6.09 Å². The molecule has 0 saturated carbocycles. The maximum atomic E-state index is 14.8. The number of aromatic nitrogens is 1. The molecule has 4 heterocycles. The first-order valence-electron chi connectivity index (χ1n) is 21.5. The van der Waals surface area contributed by atoms with Crippen molar-refractivity contribution >= 4 is 22.9 Å². The van der Waals surface area contributed by atoms with Gasteiger partial charge in [0.2, 0.25) is 5.56 Å². The summed E-state index contributed by atoms with van der Waals surface area (Å²) >= 11 is 0. The highest BCUT2D eigenvalue weighted by Crippen LogP contribution is 2.32. The number of carbonyl (C=O) groups excluding carboxylic acids is 2. The Morgan fingerprint density at radius 2 is 1.65 bits per heavy atom. The number of nitrogens with one attached hydrogen (secondary N) is 3. The fraction of sp³-hybridized carbons (Fsp3) is 0.300. The van der Waals surface area contributed by atoms with Crippen molar-refractivity contribution in [2.45, 2.75) is 50.7 Å². The second-order valence-corrected chi connectivity index (χ2v) is 16.3.